The van der Waals surface area contributed by atoms with Crippen LogP contribution in [-0.4, -0.2) is 25.9 Å². The molecule has 2 heterocycles. The number of nitrogens with one attached hydrogen (secondary N) is 2. The van der Waals surface area contributed by atoms with Crippen molar-refractivity contribution < 1.29 is 4.79 Å². The van der Waals surface area contributed by atoms with E-state index in [1.807, 2.05) is 32.5 Å². The van der Waals surface area contributed by atoms with E-state index >= 15 is 0 Å². The summed E-state index contributed by atoms with van der Waals surface area (Å²) in [6.07, 6.45) is 2.82. The second kappa shape index (κ2) is 5.26. The van der Waals surface area contributed by atoms with Crippen molar-refractivity contribution in [2.24, 2.45) is 7.05 Å². The highest BCUT2D eigenvalue weighted by Crippen LogP contribution is 2.15. The lowest BCUT2D eigenvalue weighted by Gasteiger charge is -2.04. The van der Waals surface area contributed by atoms with Crippen LogP contribution in [0.25, 0.3) is 0 Å². The molecule has 0 unspecified atom stereocenters. The molecule has 2 aromatic heterocycles. The molecule has 0 aliphatic carbocycles. The molecule has 0 saturated heterocycles. The van der Waals surface area contributed by atoms with Gasteiger partial charge in [0.1, 0.15) is 5.82 Å². The topological polar surface area (TPSA) is 75.6 Å². The molecule has 0 radical (unpaired) electrons. The van der Waals surface area contributed by atoms with Gasteiger partial charge in [0.2, 0.25) is 5.91 Å². The predicted molar refractivity (Wildman–Crippen MR) is 73.0 cm³/mol. The van der Waals surface area contributed by atoms with Crippen molar-refractivity contribution in [2.45, 2.75) is 33.6 Å². The lowest BCUT2D eigenvalue weighted by Crippen LogP contribution is -2.13. The molecule has 0 bridgehead atoms. The number of carbonyl (C=O) groups is 1. The number of hydrogen-bond donors (Lipinski definition) is 2. The van der Waals surface area contributed by atoms with Gasteiger partial charge >= 0.3 is 0 Å². The average Bonchev–Trinajstić information content (AvgIpc) is 2.84. The molecule has 2 aromatic rings. The van der Waals surface area contributed by atoms with E-state index in [1.165, 1.54) is 0 Å². The number of nitrogens with zero attached hydrogens (tertiary/aromatic N) is 3. The van der Waals surface area contributed by atoms with Crippen molar-refractivity contribution in [2.75, 3.05) is 5.32 Å². The zero-order valence-corrected chi connectivity index (χ0v) is 11.7. The van der Waals surface area contributed by atoms with Gasteiger partial charge in [0, 0.05) is 24.7 Å². The second-order valence-corrected chi connectivity index (χ2v) is 4.75. The van der Waals surface area contributed by atoms with Crippen LogP contribution >= 0.6 is 0 Å². The number of aromatic nitrogens is 4. The monoisotopic (exact) mass is 261 g/mol. The van der Waals surface area contributed by atoms with Crippen LogP contribution in [-0.2, 0) is 18.3 Å². The number of aromatic amines is 1. The molecular formula is C13H19N5O. The number of anilines is 1. The number of H-pyrrole nitrogens is 1. The van der Waals surface area contributed by atoms with E-state index in [1.54, 1.807) is 6.20 Å². The van der Waals surface area contributed by atoms with Crippen LogP contribution in [0.15, 0.2) is 6.20 Å². The third kappa shape index (κ3) is 2.83. The third-order valence-electron chi connectivity index (χ3n) is 3.35. The molecule has 2 N–H and O–H groups in total. The average molecular weight is 261 g/mol. The summed E-state index contributed by atoms with van der Waals surface area (Å²) in [5.74, 6) is 0.652. The molecule has 102 valence electrons. The fourth-order valence-electron chi connectivity index (χ4n) is 2.09. The van der Waals surface area contributed by atoms with Gasteiger partial charge in [-0.25, -0.2) is 0 Å². The van der Waals surface area contributed by atoms with Crippen LogP contribution < -0.4 is 5.32 Å². The largest absolute Gasteiger partial charge is 0.311 e. The van der Waals surface area contributed by atoms with E-state index in [9.17, 15) is 4.79 Å². The molecule has 0 spiro atoms. The first-order valence-corrected chi connectivity index (χ1v) is 6.28. The van der Waals surface area contributed by atoms with Gasteiger partial charge in [-0.1, -0.05) is 0 Å². The highest BCUT2D eigenvalue weighted by atomic mass is 16.1. The minimum atomic E-state index is -0.0185. The lowest BCUT2D eigenvalue weighted by molar-refractivity contribution is -0.116. The van der Waals surface area contributed by atoms with Gasteiger partial charge in [0.15, 0.2) is 0 Å². The van der Waals surface area contributed by atoms with Crippen LogP contribution in [0.3, 0.4) is 0 Å². The van der Waals surface area contributed by atoms with E-state index in [0.717, 1.165) is 22.5 Å². The van der Waals surface area contributed by atoms with Gasteiger partial charge in [-0.15, -0.1) is 0 Å². The van der Waals surface area contributed by atoms with E-state index in [4.69, 9.17) is 0 Å². The maximum atomic E-state index is 11.9. The zero-order chi connectivity index (χ0) is 14.0. The molecule has 0 aliphatic rings. The second-order valence-electron chi connectivity index (χ2n) is 4.75. The van der Waals surface area contributed by atoms with Crippen molar-refractivity contribution in [1.29, 1.82) is 0 Å². The Morgan fingerprint density at radius 2 is 2.16 bits per heavy atom. The minimum Gasteiger partial charge on any atom is -0.311 e. The molecule has 0 atom stereocenters. The summed E-state index contributed by atoms with van der Waals surface area (Å²) < 4.78 is 1.85. The first kappa shape index (κ1) is 13.3. The highest BCUT2D eigenvalue weighted by Gasteiger charge is 2.12. The van der Waals surface area contributed by atoms with Crippen LogP contribution in [0.5, 0.6) is 0 Å². The molecule has 6 nitrogen and oxygen atoms in total. The molecule has 1 amide bonds. The van der Waals surface area contributed by atoms with Gasteiger partial charge in [-0.05, 0) is 32.8 Å². The molecule has 0 aliphatic heterocycles. The number of aryl methyl sites for hydroxylation is 3. The molecule has 2 rings (SSSR count). The Hall–Kier alpha value is -2.11. The number of carbonyl (C=O) groups excluding carboxylic acids is 1. The number of rotatable bonds is 4. The van der Waals surface area contributed by atoms with Gasteiger partial charge in [0.05, 0.1) is 11.9 Å². The van der Waals surface area contributed by atoms with E-state index < -0.39 is 0 Å². The maximum Gasteiger partial charge on any atom is 0.225 e. The first-order chi connectivity index (χ1) is 8.99. The Morgan fingerprint density at radius 3 is 2.68 bits per heavy atom. The first-order valence-electron chi connectivity index (χ1n) is 6.28. The summed E-state index contributed by atoms with van der Waals surface area (Å²) in [6.45, 7) is 5.89. The van der Waals surface area contributed by atoms with Gasteiger partial charge < -0.3 is 5.32 Å². The van der Waals surface area contributed by atoms with Gasteiger partial charge in [-0.3, -0.25) is 14.6 Å². The Bertz CT molecular complexity index is 596. The summed E-state index contributed by atoms with van der Waals surface area (Å²) in [7, 11) is 1.92. The lowest BCUT2D eigenvalue weighted by atomic mass is 10.1. The fraction of sp³-hybridized carbons (Fsp3) is 0.462. The van der Waals surface area contributed by atoms with Gasteiger partial charge in [0.25, 0.3) is 0 Å². The van der Waals surface area contributed by atoms with Crippen LogP contribution in [0.4, 0.5) is 5.82 Å². The zero-order valence-electron chi connectivity index (χ0n) is 11.7. The smallest absolute Gasteiger partial charge is 0.225 e. The normalized spacial score (nSPS) is 10.7. The molecule has 0 aromatic carbocycles. The highest BCUT2D eigenvalue weighted by molar-refractivity contribution is 5.90. The Kier molecular flexibility index (Phi) is 3.69. The predicted octanol–water partition coefficient (Wildman–Crippen LogP) is 1.64. The Labute approximate surface area is 112 Å². The third-order valence-corrected chi connectivity index (χ3v) is 3.35. The van der Waals surface area contributed by atoms with Crippen molar-refractivity contribution >= 4 is 11.7 Å². The van der Waals surface area contributed by atoms with Crippen LogP contribution in [0.1, 0.15) is 28.9 Å². The quantitative estimate of drug-likeness (QED) is 0.878. The summed E-state index contributed by atoms with van der Waals surface area (Å²) in [5.41, 5.74) is 4.19. The molecule has 19 heavy (non-hydrogen) atoms. The molecule has 0 saturated carbocycles. The molecular weight excluding hydrogens is 242 g/mol. The Balaban J connectivity index is 1.95. The molecule has 0 fully saturated rings. The number of hydrogen-bond acceptors (Lipinski definition) is 3. The van der Waals surface area contributed by atoms with E-state index in [-0.39, 0.29) is 5.91 Å². The maximum absolute atomic E-state index is 11.9. The minimum absolute atomic E-state index is 0.0185. The van der Waals surface area contributed by atoms with Crippen LogP contribution in [0.2, 0.25) is 0 Å². The van der Waals surface area contributed by atoms with Crippen LogP contribution in [0, 0.1) is 20.8 Å². The van der Waals surface area contributed by atoms with Crippen molar-refractivity contribution in [3.63, 3.8) is 0 Å². The summed E-state index contributed by atoms with van der Waals surface area (Å²) in [6, 6.07) is 0. The summed E-state index contributed by atoms with van der Waals surface area (Å²) in [5, 5.41) is 13.8. The SMILES string of the molecule is Cc1cn[nH]c1NC(=O)CCc1c(C)nn(C)c1C. The van der Waals surface area contributed by atoms with E-state index in [2.05, 4.69) is 20.6 Å². The summed E-state index contributed by atoms with van der Waals surface area (Å²) >= 11 is 0. The fourth-order valence-corrected chi connectivity index (χ4v) is 2.09. The summed E-state index contributed by atoms with van der Waals surface area (Å²) in [4.78, 5) is 11.9. The Morgan fingerprint density at radius 1 is 1.42 bits per heavy atom. The van der Waals surface area contributed by atoms with E-state index in [0.29, 0.717) is 18.7 Å². The van der Waals surface area contributed by atoms with Crippen molar-refractivity contribution in [3.05, 3.63) is 28.7 Å². The van der Waals surface area contributed by atoms with Crippen molar-refractivity contribution in [3.8, 4) is 0 Å². The molecule has 6 heteroatoms. The number of amides is 1. The van der Waals surface area contributed by atoms with Crippen molar-refractivity contribution in [1.82, 2.24) is 20.0 Å². The standard InChI is InChI=1S/C13H19N5O/c1-8-7-14-16-13(8)15-12(19)6-5-11-9(2)17-18(4)10(11)3/h7H,5-6H2,1-4H3,(H2,14,15,16,19). The van der Waals surface area contributed by atoms with Gasteiger partial charge in [-0.2, -0.15) is 10.2 Å².